The molecule has 0 saturated carbocycles. The molecule has 1 unspecified atom stereocenters. The lowest BCUT2D eigenvalue weighted by Gasteiger charge is -2.28. The molecule has 0 fully saturated rings. The van der Waals surface area contributed by atoms with Gasteiger partial charge >= 0.3 is 0 Å². The highest BCUT2D eigenvalue weighted by molar-refractivity contribution is 7.99. The second-order valence-electron chi connectivity index (χ2n) is 5.80. The molecule has 0 bridgehead atoms. The van der Waals surface area contributed by atoms with Crippen molar-refractivity contribution in [2.75, 3.05) is 12.0 Å². The molecule has 1 amide bonds. The summed E-state index contributed by atoms with van der Waals surface area (Å²) in [5.41, 5.74) is 1.44. The van der Waals surface area contributed by atoms with E-state index in [2.05, 4.69) is 4.99 Å². The van der Waals surface area contributed by atoms with Gasteiger partial charge in [-0.1, -0.05) is 31.2 Å². The third kappa shape index (κ3) is 4.45. The van der Waals surface area contributed by atoms with Crippen LogP contribution in [-0.4, -0.2) is 42.4 Å². The summed E-state index contributed by atoms with van der Waals surface area (Å²) in [5.74, 6) is 0.388. The van der Waals surface area contributed by atoms with Crippen molar-refractivity contribution in [1.29, 1.82) is 0 Å². The molecule has 1 aromatic carbocycles. The van der Waals surface area contributed by atoms with Gasteiger partial charge in [0.25, 0.3) is 5.91 Å². The third-order valence-electron chi connectivity index (χ3n) is 4.16. The molecule has 1 aliphatic heterocycles. The average molecular weight is 393 g/mol. The molecule has 2 rings (SSSR count). The minimum atomic E-state index is -3.38. The van der Waals surface area contributed by atoms with Gasteiger partial charge in [-0.2, -0.15) is 0 Å². The highest BCUT2D eigenvalue weighted by atomic mass is 32.2. The Kier molecular flexibility index (Phi) is 6.83. The second kappa shape index (κ2) is 8.68. The van der Waals surface area contributed by atoms with E-state index in [0.29, 0.717) is 11.4 Å². The number of amidine groups is 1. The van der Waals surface area contributed by atoms with Gasteiger partial charge in [0.2, 0.25) is 0 Å². The van der Waals surface area contributed by atoms with Gasteiger partial charge in [0, 0.05) is 11.6 Å². The number of aliphatic imine (C=N–C) groups is 1. The van der Waals surface area contributed by atoms with Crippen LogP contribution in [0.1, 0.15) is 26.3 Å². The van der Waals surface area contributed by atoms with Crippen LogP contribution in [0.3, 0.4) is 0 Å². The van der Waals surface area contributed by atoms with Gasteiger partial charge in [-0.25, -0.2) is 8.42 Å². The van der Waals surface area contributed by atoms with Crippen molar-refractivity contribution in [3.05, 3.63) is 53.6 Å². The molecule has 0 aliphatic carbocycles. The van der Waals surface area contributed by atoms with Crippen LogP contribution in [-0.2, 0) is 21.2 Å². The number of carbonyl (C=O) groups excluding carboxylic acids is 1. The van der Waals surface area contributed by atoms with E-state index in [1.165, 1.54) is 6.08 Å². The zero-order valence-electron chi connectivity index (χ0n) is 15.5. The van der Waals surface area contributed by atoms with E-state index in [-0.39, 0.29) is 28.5 Å². The summed E-state index contributed by atoms with van der Waals surface area (Å²) >= 11 is 1.58. The molecule has 0 saturated heterocycles. The molecule has 1 aliphatic rings. The largest absolute Gasteiger partial charge is 0.288 e. The molecule has 1 heterocycles. The number of rotatable bonds is 6. The Balaban J connectivity index is 2.52. The minimum absolute atomic E-state index is 0.0163. The maximum atomic E-state index is 12.5. The summed E-state index contributed by atoms with van der Waals surface area (Å²) in [6.45, 7) is 5.63. The molecule has 1 aromatic rings. The molecule has 0 N–H and O–H groups in total. The highest BCUT2D eigenvalue weighted by Crippen LogP contribution is 2.23. The smallest absolute Gasteiger partial charge is 0.252 e. The molecule has 0 radical (unpaired) electrons. The molecular weight excluding hydrogens is 368 g/mol. The van der Waals surface area contributed by atoms with E-state index in [9.17, 15) is 13.2 Å². The Bertz CT molecular complexity index is 871. The Morgan fingerprint density at radius 3 is 2.58 bits per heavy atom. The van der Waals surface area contributed by atoms with Crippen molar-refractivity contribution in [3.63, 3.8) is 0 Å². The van der Waals surface area contributed by atoms with Crippen LogP contribution in [0, 0.1) is 0 Å². The number of thioether (sulfide) groups is 1. The first-order valence-corrected chi connectivity index (χ1v) is 11.4. The first-order valence-electron chi connectivity index (χ1n) is 8.41. The lowest BCUT2D eigenvalue weighted by Crippen LogP contribution is -2.39. The summed E-state index contributed by atoms with van der Waals surface area (Å²) in [6, 6.07) is 6.83. The fourth-order valence-electron chi connectivity index (χ4n) is 2.60. The molecule has 140 valence electrons. The van der Waals surface area contributed by atoms with Crippen molar-refractivity contribution in [2.45, 2.75) is 37.6 Å². The van der Waals surface area contributed by atoms with Gasteiger partial charge < -0.3 is 0 Å². The molecule has 5 nitrogen and oxygen atoms in total. The predicted octanol–water partition coefficient (Wildman–Crippen LogP) is 3.43. The van der Waals surface area contributed by atoms with Crippen LogP contribution in [0.4, 0.5) is 0 Å². The van der Waals surface area contributed by atoms with Crippen LogP contribution in [0.5, 0.6) is 0 Å². The Labute approximate surface area is 159 Å². The van der Waals surface area contributed by atoms with Crippen LogP contribution in [0.15, 0.2) is 58.0 Å². The first kappa shape index (κ1) is 20.5. The zero-order valence-corrected chi connectivity index (χ0v) is 17.1. The number of sulfone groups is 1. The van der Waals surface area contributed by atoms with Crippen molar-refractivity contribution in [2.24, 2.45) is 4.99 Å². The standard InChI is InChI=1S/C19H24N2O3S2/c1-5-15-11-12-18(22)21(19(15)20-14(3)25-4)13-16-9-7-8-10-17(16)26(23,24)6-2/h5,7-12,14H,6,13H2,1-4H3/b15-5-,20-19+. The van der Waals surface area contributed by atoms with Gasteiger partial charge in [-0.05, 0) is 37.8 Å². The summed E-state index contributed by atoms with van der Waals surface area (Å²) < 4.78 is 24.8. The average Bonchev–Trinajstić information content (AvgIpc) is 2.64. The van der Waals surface area contributed by atoms with Crippen molar-refractivity contribution in [1.82, 2.24) is 4.90 Å². The summed E-state index contributed by atoms with van der Waals surface area (Å²) in [5, 5.41) is -0.0173. The second-order valence-corrected chi connectivity index (χ2v) is 9.20. The van der Waals surface area contributed by atoms with Gasteiger partial charge in [0.15, 0.2) is 9.84 Å². The number of allylic oxidation sites excluding steroid dienone is 1. The van der Waals surface area contributed by atoms with Gasteiger partial charge in [0.05, 0.1) is 22.6 Å². The first-order chi connectivity index (χ1) is 12.3. The van der Waals surface area contributed by atoms with Crippen LogP contribution in [0.25, 0.3) is 0 Å². The Morgan fingerprint density at radius 1 is 1.27 bits per heavy atom. The number of benzene rings is 1. The predicted molar refractivity (Wildman–Crippen MR) is 108 cm³/mol. The van der Waals surface area contributed by atoms with Crippen LogP contribution >= 0.6 is 11.8 Å². The lowest BCUT2D eigenvalue weighted by molar-refractivity contribution is -0.123. The molecule has 26 heavy (non-hydrogen) atoms. The van der Waals surface area contributed by atoms with Gasteiger partial charge in [0.1, 0.15) is 5.84 Å². The monoisotopic (exact) mass is 392 g/mol. The molecule has 0 aromatic heterocycles. The lowest BCUT2D eigenvalue weighted by atomic mass is 10.1. The number of hydrogen-bond donors (Lipinski definition) is 0. The van der Waals surface area contributed by atoms with E-state index in [1.807, 2.05) is 26.2 Å². The van der Waals surface area contributed by atoms with E-state index >= 15 is 0 Å². The maximum Gasteiger partial charge on any atom is 0.252 e. The summed E-state index contributed by atoms with van der Waals surface area (Å²) in [4.78, 5) is 19.0. The SMILES string of the molecule is C/C=C1/C=CC(=O)N(Cc2ccccc2S(=O)(=O)CC)/C1=N/C(C)SC. The van der Waals surface area contributed by atoms with E-state index < -0.39 is 9.84 Å². The summed E-state index contributed by atoms with van der Waals surface area (Å²) in [6.07, 6.45) is 7.10. The maximum absolute atomic E-state index is 12.5. The molecule has 1 atom stereocenters. The zero-order chi connectivity index (χ0) is 19.3. The van der Waals surface area contributed by atoms with E-state index in [4.69, 9.17) is 0 Å². The van der Waals surface area contributed by atoms with Gasteiger partial charge in [-0.15, -0.1) is 11.8 Å². The Morgan fingerprint density at radius 2 is 1.96 bits per heavy atom. The quantitative estimate of drug-likeness (QED) is 0.744. The normalized spacial score (nSPS) is 19.4. The molecule has 7 heteroatoms. The highest BCUT2D eigenvalue weighted by Gasteiger charge is 2.27. The molecular formula is C19H24N2O3S2. The van der Waals surface area contributed by atoms with E-state index in [1.54, 1.807) is 53.9 Å². The van der Waals surface area contributed by atoms with Gasteiger partial charge in [-0.3, -0.25) is 14.7 Å². The van der Waals surface area contributed by atoms with Crippen molar-refractivity contribution in [3.8, 4) is 0 Å². The topological polar surface area (TPSA) is 66.8 Å². The van der Waals surface area contributed by atoms with E-state index in [0.717, 1.165) is 5.57 Å². The van der Waals surface area contributed by atoms with Crippen molar-refractivity contribution < 1.29 is 13.2 Å². The number of hydrogen-bond acceptors (Lipinski definition) is 5. The third-order valence-corrected chi connectivity index (χ3v) is 6.77. The number of nitrogens with zero attached hydrogens (tertiary/aromatic N) is 2. The summed E-state index contributed by atoms with van der Waals surface area (Å²) in [7, 11) is -3.38. The Hall–Kier alpha value is -1.86. The number of carbonyl (C=O) groups is 1. The van der Waals surface area contributed by atoms with Crippen LogP contribution in [0.2, 0.25) is 0 Å². The minimum Gasteiger partial charge on any atom is -0.288 e. The molecule has 0 spiro atoms. The fraction of sp³-hybridized carbons (Fsp3) is 0.368. The fourth-order valence-corrected chi connectivity index (χ4v) is 3.93. The van der Waals surface area contributed by atoms with Crippen molar-refractivity contribution >= 4 is 33.3 Å². The number of amides is 1. The van der Waals surface area contributed by atoms with Crippen LogP contribution < -0.4 is 0 Å².